The second-order valence-corrected chi connectivity index (χ2v) is 3.10. The second-order valence-electron chi connectivity index (χ2n) is 3.10. The first-order valence-corrected chi connectivity index (χ1v) is 4.34. The summed E-state index contributed by atoms with van der Waals surface area (Å²) in [7, 11) is 3.99. The minimum absolute atomic E-state index is 0.449. The topological polar surface area (TPSA) is 41.3 Å². The van der Waals surface area contributed by atoms with Crippen LogP contribution >= 0.6 is 0 Å². The molecule has 0 radical (unpaired) electrons. The second kappa shape index (κ2) is 6.58. The molecule has 68 valence electrons. The van der Waals surface area contributed by atoms with Crippen LogP contribution in [0, 0.1) is 0 Å². The predicted molar refractivity (Wildman–Crippen MR) is 49.2 cm³/mol. The smallest absolute Gasteiger partial charge is 0.0337 e. The number of nitrogens with two attached hydrogens (primary N) is 1. The lowest BCUT2D eigenvalue weighted by Gasteiger charge is -2.21. The van der Waals surface area contributed by atoms with Gasteiger partial charge in [-0.25, -0.2) is 0 Å². The minimum atomic E-state index is 0.449. The molecule has 0 aliphatic carbocycles. The van der Waals surface area contributed by atoms with Gasteiger partial charge in [0.1, 0.15) is 0 Å². The number of hydrazine groups is 1. The van der Waals surface area contributed by atoms with Gasteiger partial charge in [-0.3, -0.25) is 10.4 Å². The van der Waals surface area contributed by atoms with Crippen LogP contribution in [-0.4, -0.2) is 31.7 Å². The summed E-state index contributed by atoms with van der Waals surface area (Å²) in [5.41, 5.74) is 8.85. The Bertz CT molecular complexity index is 83.4. The maximum Gasteiger partial charge on any atom is 0.0337 e. The van der Waals surface area contributed by atoms with Crippen molar-refractivity contribution >= 4 is 0 Å². The van der Waals surface area contributed by atoms with Gasteiger partial charge < -0.3 is 5.73 Å². The molecule has 0 heterocycles. The van der Waals surface area contributed by atoms with Gasteiger partial charge in [0, 0.05) is 26.7 Å². The van der Waals surface area contributed by atoms with Crippen LogP contribution in [0.3, 0.4) is 0 Å². The maximum absolute atomic E-state index is 5.57. The zero-order valence-electron chi connectivity index (χ0n) is 7.93. The summed E-state index contributed by atoms with van der Waals surface area (Å²) in [5.74, 6) is 0. The van der Waals surface area contributed by atoms with Crippen molar-refractivity contribution in [3.05, 3.63) is 0 Å². The molecule has 0 aliphatic heterocycles. The van der Waals surface area contributed by atoms with E-state index in [9.17, 15) is 0 Å². The fourth-order valence-electron chi connectivity index (χ4n) is 1.05. The molecule has 0 saturated carbocycles. The van der Waals surface area contributed by atoms with Crippen LogP contribution in [0.1, 0.15) is 26.2 Å². The Hall–Kier alpha value is -0.120. The first-order valence-electron chi connectivity index (χ1n) is 4.34. The highest BCUT2D eigenvalue weighted by Crippen LogP contribution is 1.98. The summed E-state index contributed by atoms with van der Waals surface area (Å²) in [5, 5.41) is 1.97. The molecule has 0 bridgehead atoms. The van der Waals surface area contributed by atoms with Crippen molar-refractivity contribution in [2.24, 2.45) is 5.73 Å². The van der Waals surface area contributed by atoms with Gasteiger partial charge in [0.25, 0.3) is 0 Å². The summed E-state index contributed by atoms with van der Waals surface area (Å²) in [6, 6.07) is 0.449. The molecule has 0 amide bonds. The van der Waals surface area contributed by atoms with Gasteiger partial charge in [-0.15, -0.1) is 0 Å². The lowest BCUT2D eigenvalue weighted by atomic mass is 10.1. The third-order valence-corrected chi connectivity index (χ3v) is 1.63. The first kappa shape index (κ1) is 10.9. The molecule has 0 fully saturated rings. The number of nitrogens with zero attached hydrogens (tertiary/aromatic N) is 1. The largest absolute Gasteiger partial charge is 0.329 e. The van der Waals surface area contributed by atoms with E-state index in [1.807, 2.05) is 19.1 Å². The average molecular weight is 159 g/mol. The predicted octanol–water partition coefficient (Wildman–Crippen LogP) is 0.570. The number of hydrogen-bond acceptors (Lipinski definition) is 3. The highest BCUT2D eigenvalue weighted by Gasteiger charge is 2.04. The third kappa shape index (κ3) is 6.28. The molecule has 1 unspecified atom stereocenters. The highest BCUT2D eigenvalue weighted by atomic mass is 15.5. The summed E-state index contributed by atoms with van der Waals surface area (Å²) in [6.45, 7) is 2.92. The summed E-state index contributed by atoms with van der Waals surface area (Å²) in [4.78, 5) is 0. The van der Waals surface area contributed by atoms with Crippen molar-refractivity contribution in [2.45, 2.75) is 32.2 Å². The van der Waals surface area contributed by atoms with E-state index in [4.69, 9.17) is 5.73 Å². The summed E-state index contributed by atoms with van der Waals surface area (Å²) >= 11 is 0. The molecule has 0 aromatic rings. The van der Waals surface area contributed by atoms with E-state index in [2.05, 4.69) is 12.3 Å². The van der Waals surface area contributed by atoms with Crippen LogP contribution in [0.4, 0.5) is 0 Å². The van der Waals surface area contributed by atoms with Crippen molar-refractivity contribution in [1.29, 1.82) is 0 Å². The van der Waals surface area contributed by atoms with E-state index in [-0.39, 0.29) is 0 Å². The normalized spacial score (nSPS) is 13.9. The molecular weight excluding hydrogens is 138 g/mol. The van der Waals surface area contributed by atoms with Crippen LogP contribution in [0.15, 0.2) is 0 Å². The van der Waals surface area contributed by atoms with Gasteiger partial charge in [-0.1, -0.05) is 19.8 Å². The molecule has 0 rings (SSSR count). The van der Waals surface area contributed by atoms with Crippen LogP contribution in [-0.2, 0) is 0 Å². The van der Waals surface area contributed by atoms with Crippen molar-refractivity contribution in [3.8, 4) is 0 Å². The lowest BCUT2D eigenvalue weighted by molar-refractivity contribution is 0.234. The Morgan fingerprint density at radius 2 is 2.09 bits per heavy atom. The highest BCUT2D eigenvalue weighted by molar-refractivity contribution is 4.64. The summed E-state index contributed by atoms with van der Waals surface area (Å²) < 4.78 is 0. The molecule has 0 spiro atoms. The van der Waals surface area contributed by atoms with E-state index in [1.165, 1.54) is 19.3 Å². The number of rotatable bonds is 6. The first-order chi connectivity index (χ1) is 5.20. The average Bonchev–Trinajstić information content (AvgIpc) is 1.97. The van der Waals surface area contributed by atoms with Crippen molar-refractivity contribution < 1.29 is 0 Å². The van der Waals surface area contributed by atoms with E-state index in [1.54, 1.807) is 0 Å². The minimum Gasteiger partial charge on any atom is -0.329 e. The van der Waals surface area contributed by atoms with E-state index in [0.29, 0.717) is 6.04 Å². The van der Waals surface area contributed by atoms with Gasteiger partial charge in [-0.05, 0) is 6.42 Å². The fraction of sp³-hybridized carbons (Fsp3) is 1.00. The standard InChI is InChI=1S/C8H21N3/c1-4-5-6-8(7-9)10-11(2)3/h8,10H,4-7,9H2,1-3H3. The molecule has 3 N–H and O–H groups in total. The molecule has 3 nitrogen and oxygen atoms in total. The Kier molecular flexibility index (Phi) is 6.51. The third-order valence-electron chi connectivity index (χ3n) is 1.63. The quantitative estimate of drug-likeness (QED) is 0.557. The molecule has 0 saturated heterocycles. The zero-order valence-corrected chi connectivity index (χ0v) is 7.93. The summed E-state index contributed by atoms with van der Waals surface area (Å²) in [6.07, 6.45) is 3.67. The Balaban J connectivity index is 3.41. The monoisotopic (exact) mass is 159 g/mol. The zero-order chi connectivity index (χ0) is 8.69. The SMILES string of the molecule is CCCCC(CN)NN(C)C. The van der Waals surface area contributed by atoms with E-state index < -0.39 is 0 Å². The van der Waals surface area contributed by atoms with Gasteiger partial charge in [0.05, 0.1) is 0 Å². The molecule has 0 aromatic heterocycles. The molecule has 3 heteroatoms. The van der Waals surface area contributed by atoms with Gasteiger partial charge >= 0.3 is 0 Å². The Morgan fingerprint density at radius 1 is 1.45 bits per heavy atom. The van der Waals surface area contributed by atoms with Gasteiger partial charge in [0.2, 0.25) is 0 Å². The Labute approximate surface area is 69.9 Å². The van der Waals surface area contributed by atoms with Crippen molar-refractivity contribution in [3.63, 3.8) is 0 Å². The van der Waals surface area contributed by atoms with Gasteiger partial charge in [0.15, 0.2) is 0 Å². The van der Waals surface area contributed by atoms with Gasteiger partial charge in [-0.2, -0.15) is 0 Å². The van der Waals surface area contributed by atoms with Crippen molar-refractivity contribution in [1.82, 2.24) is 10.4 Å². The molecule has 11 heavy (non-hydrogen) atoms. The molecule has 0 aliphatic rings. The molecule has 1 atom stereocenters. The molecule has 0 aromatic carbocycles. The fourth-order valence-corrected chi connectivity index (χ4v) is 1.05. The van der Waals surface area contributed by atoms with E-state index in [0.717, 1.165) is 6.54 Å². The van der Waals surface area contributed by atoms with E-state index >= 15 is 0 Å². The molecular formula is C8H21N3. The van der Waals surface area contributed by atoms with Crippen LogP contribution in [0.2, 0.25) is 0 Å². The Morgan fingerprint density at radius 3 is 2.45 bits per heavy atom. The number of unbranched alkanes of at least 4 members (excludes halogenated alkanes) is 1. The number of hydrogen-bond donors (Lipinski definition) is 2. The van der Waals surface area contributed by atoms with Crippen LogP contribution in [0.25, 0.3) is 0 Å². The lowest BCUT2D eigenvalue weighted by Crippen LogP contribution is -2.43. The number of nitrogens with one attached hydrogen (secondary N) is 1. The van der Waals surface area contributed by atoms with Crippen molar-refractivity contribution in [2.75, 3.05) is 20.6 Å². The van der Waals surface area contributed by atoms with Crippen LogP contribution < -0.4 is 11.2 Å². The maximum atomic E-state index is 5.57. The van der Waals surface area contributed by atoms with Crippen LogP contribution in [0.5, 0.6) is 0 Å².